The molecule has 0 spiro atoms. The fourth-order valence-electron chi connectivity index (χ4n) is 3.66. The van der Waals surface area contributed by atoms with Crippen LogP contribution in [-0.2, 0) is 9.63 Å². The molecule has 1 aliphatic heterocycles. The van der Waals surface area contributed by atoms with Crippen LogP contribution in [0.15, 0.2) is 35.7 Å². The molecule has 1 amide bonds. The number of oxime groups is 1. The van der Waals surface area contributed by atoms with Gasteiger partial charge in [0.05, 0.1) is 11.8 Å². The zero-order valence-corrected chi connectivity index (χ0v) is 17.8. The van der Waals surface area contributed by atoms with Gasteiger partial charge in [0.25, 0.3) is 0 Å². The Hall–Kier alpha value is -3.16. The van der Waals surface area contributed by atoms with Crippen LogP contribution in [-0.4, -0.2) is 42.3 Å². The highest BCUT2D eigenvalue weighted by molar-refractivity contribution is 5.92. The van der Waals surface area contributed by atoms with Gasteiger partial charge in [-0.1, -0.05) is 31.1 Å². The lowest BCUT2D eigenvalue weighted by atomic mass is 9.93. The van der Waals surface area contributed by atoms with Crippen molar-refractivity contribution in [1.82, 2.24) is 9.97 Å². The second-order valence-electron chi connectivity index (χ2n) is 7.87. The Morgan fingerprint density at radius 1 is 1.30 bits per heavy atom. The summed E-state index contributed by atoms with van der Waals surface area (Å²) >= 11 is 0. The molecule has 0 aliphatic carbocycles. The van der Waals surface area contributed by atoms with E-state index >= 15 is 0 Å². The van der Waals surface area contributed by atoms with Gasteiger partial charge in [-0.15, -0.1) is 0 Å². The van der Waals surface area contributed by atoms with Crippen LogP contribution in [0.5, 0.6) is 0 Å². The maximum atomic E-state index is 12.5. The topological polar surface area (TPSA) is 106 Å². The average Bonchev–Trinajstić information content (AvgIpc) is 2.73. The van der Waals surface area contributed by atoms with Crippen molar-refractivity contribution in [2.45, 2.75) is 39.0 Å². The SMILES string of the molecule is CO/N=C/c1c(N)ncnc1N1CCC(CC(=O)Nc2ccc(C(C)C)cc2)CC1. The van der Waals surface area contributed by atoms with E-state index in [0.29, 0.717) is 29.6 Å². The van der Waals surface area contributed by atoms with E-state index in [1.54, 1.807) is 0 Å². The number of anilines is 3. The molecule has 1 aliphatic rings. The molecule has 0 radical (unpaired) electrons. The summed E-state index contributed by atoms with van der Waals surface area (Å²) in [5.41, 5.74) is 8.75. The van der Waals surface area contributed by atoms with E-state index in [1.165, 1.54) is 25.2 Å². The summed E-state index contributed by atoms with van der Waals surface area (Å²) in [6.07, 6.45) is 5.33. The molecule has 1 fully saturated rings. The predicted octanol–water partition coefficient (Wildman–Crippen LogP) is 3.41. The number of nitrogens with one attached hydrogen (secondary N) is 1. The Morgan fingerprint density at radius 2 is 2.00 bits per heavy atom. The maximum Gasteiger partial charge on any atom is 0.224 e. The van der Waals surface area contributed by atoms with E-state index in [-0.39, 0.29) is 5.91 Å². The van der Waals surface area contributed by atoms with Crippen molar-refractivity contribution in [3.63, 3.8) is 0 Å². The summed E-state index contributed by atoms with van der Waals surface area (Å²) in [5, 5.41) is 6.82. The number of carbonyl (C=O) groups is 1. The number of nitrogens with two attached hydrogens (primary N) is 1. The first-order valence-electron chi connectivity index (χ1n) is 10.3. The van der Waals surface area contributed by atoms with Gasteiger partial charge in [0, 0.05) is 25.2 Å². The van der Waals surface area contributed by atoms with Gasteiger partial charge < -0.3 is 20.8 Å². The summed E-state index contributed by atoms with van der Waals surface area (Å²) in [6.45, 7) is 5.91. The summed E-state index contributed by atoms with van der Waals surface area (Å²) in [5.74, 6) is 1.99. The van der Waals surface area contributed by atoms with E-state index in [9.17, 15) is 4.79 Å². The van der Waals surface area contributed by atoms with Crippen LogP contribution in [0.4, 0.5) is 17.3 Å². The zero-order valence-electron chi connectivity index (χ0n) is 17.8. The van der Waals surface area contributed by atoms with Gasteiger partial charge in [-0.3, -0.25) is 4.79 Å². The second kappa shape index (κ2) is 10.0. The third-order valence-corrected chi connectivity index (χ3v) is 5.43. The summed E-state index contributed by atoms with van der Waals surface area (Å²) in [7, 11) is 1.48. The molecule has 2 heterocycles. The van der Waals surface area contributed by atoms with Gasteiger partial charge >= 0.3 is 0 Å². The Morgan fingerprint density at radius 3 is 2.63 bits per heavy atom. The molecular formula is C22H30N6O2. The number of benzene rings is 1. The van der Waals surface area contributed by atoms with Gasteiger partial charge in [-0.25, -0.2) is 9.97 Å². The molecular weight excluding hydrogens is 380 g/mol. The Kier molecular flexibility index (Phi) is 7.21. The molecule has 0 unspecified atom stereocenters. The van der Waals surface area contributed by atoms with Gasteiger partial charge in [-0.2, -0.15) is 0 Å². The molecule has 0 atom stereocenters. The molecule has 8 nitrogen and oxygen atoms in total. The minimum atomic E-state index is 0.0601. The molecule has 3 rings (SSSR count). The van der Waals surface area contributed by atoms with Gasteiger partial charge in [0.15, 0.2) is 0 Å². The molecule has 1 saturated heterocycles. The number of amides is 1. The second-order valence-corrected chi connectivity index (χ2v) is 7.87. The lowest BCUT2D eigenvalue weighted by Crippen LogP contribution is -2.36. The van der Waals surface area contributed by atoms with Gasteiger partial charge in [0.2, 0.25) is 5.91 Å². The van der Waals surface area contributed by atoms with Crippen molar-refractivity contribution in [1.29, 1.82) is 0 Å². The van der Waals surface area contributed by atoms with Crippen molar-refractivity contribution in [3.05, 3.63) is 41.7 Å². The molecule has 1 aromatic heterocycles. The average molecular weight is 411 g/mol. The standard InChI is InChI=1S/C22H30N6O2/c1-15(2)17-4-6-18(7-5-17)27-20(29)12-16-8-10-28(11-9-16)22-19(13-26-30-3)21(23)24-14-25-22/h4-7,13-16H,8-12H2,1-3H3,(H,27,29)(H2,23,24,25)/b26-13+. The molecule has 3 N–H and O–H groups in total. The number of rotatable bonds is 7. The molecule has 160 valence electrons. The number of piperidine rings is 1. The maximum absolute atomic E-state index is 12.5. The molecule has 2 aromatic rings. The largest absolute Gasteiger partial charge is 0.399 e. The van der Waals surface area contributed by atoms with Crippen molar-refractivity contribution in [2.75, 3.05) is 36.1 Å². The van der Waals surface area contributed by atoms with E-state index in [1.807, 2.05) is 12.1 Å². The predicted molar refractivity (Wildman–Crippen MR) is 120 cm³/mol. The minimum Gasteiger partial charge on any atom is -0.399 e. The summed E-state index contributed by atoms with van der Waals surface area (Å²) < 4.78 is 0. The number of hydrogen-bond donors (Lipinski definition) is 2. The van der Waals surface area contributed by atoms with Crippen LogP contribution in [0.1, 0.15) is 50.2 Å². The monoisotopic (exact) mass is 410 g/mol. The molecule has 0 saturated carbocycles. The van der Waals surface area contributed by atoms with Crippen molar-refractivity contribution >= 4 is 29.4 Å². The first-order chi connectivity index (χ1) is 14.5. The Bertz CT molecular complexity index is 874. The zero-order chi connectivity index (χ0) is 21.5. The van der Waals surface area contributed by atoms with Crippen molar-refractivity contribution in [2.24, 2.45) is 11.1 Å². The number of nitrogens with zero attached hydrogens (tertiary/aromatic N) is 4. The highest BCUT2D eigenvalue weighted by Gasteiger charge is 2.24. The number of nitrogen functional groups attached to an aromatic ring is 1. The molecule has 0 bridgehead atoms. The quantitative estimate of drug-likeness (QED) is 0.535. The lowest BCUT2D eigenvalue weighted by Gasteiger charge is -2.33. The highest BCUT2D eigenvalue weighted by Crippen LogP contribution is 2.27. The van der Waals surface area contributed by atoms with E-state index in [2.05, 4.69) is 51.3 Å². The lowest BCUT2D eigenvalue weighted by molar-refractivity contribution is -0.117. The van der Waals surface area contributed by atoms with Crippen LogP contribution in [0.3, 0.4) is 0 Å². The van der Waals surface area contributed by atoms with Crippen LogP contribution in [0.25, 0.3) is 0 Å². The third-order valence-electron chi connectivity index (χ3n) is 5.43. The fourth-order valence-corrected chi connectivity index (χ4v) is 3.66. The van der Waals surface area contributed by atoms with Crippen LogP contribution < -0.4 is 16.0 Å². The summed E-state index contributed by atoms with van der Waals surface area (Å²) in [6, 6.07) is 8.07. The first-order valence-corrected chi connectivity index (χ1v) is 10.3. The van der Waals surface area contributed by atoms with E-state index in [4.69, 9.17) is 10.6 Å². The van der Waals surface area contributed by atoms with Gasteiger partial charge in [0.1, 0.15) is 25.1 Å². The first kappa shape index (κ1) is 21.5. The van der Waals surface area contributed by atoms with E-state index < -0.39 is 0 Å². The van der Waals surface area contributed by atoms with Gasteiger partial charge in [-0.05, 0) is 42.4 Å². The Labute approximate surface area is 177 Å². The third kappa shape index (κ3) is 5.46. The number of hydrogen-bond acceptors (Lipinski definition) is 7. The summed E-state index contributed by atoms with van der Waals surface area (Å²) in [4.78, 5) is 27.8. The Balaban J connectivity index is 1.54. The molecule has 30 heavy (non-hydrogen) atoms. The number of carbonyl (C=O) groups excluding carboxylic acids is 1. The highest BCUT2D eigenvalue weighted by atomic mass is 16.6. The van der Waals surface area contributed by atoms with Crippen molar-refractivity contribution < 1.29 is 9.63 Å². The van der Waals surface area contributed by atoms with Crippen molar-refractivity contribution in [3.8, 4) is 0 Å². The molecule has 1 aromatic carbocycles. The normalized spacial score (nSPS) is 15.0. The van der Waals surface area contributed by atoms with Crippen LogP contribution in [0, 0.1) is 5.92 Å². The fraction of sp³-hybridized carbons (Fsp3) is 0.455. The smallest absolute Gasteiger partial charge is 0.224 e. The molecule has 8 heteroatoms. The van der Waals surface area contributed by atoms with Crippen LogP contribution in [0.2, 0.25) is 0 Å². The van der Waals surface area contributed by atoms with E-state index in [0.717, 1.165) is 37.4 Å². The minimum absolute atomic E-state index is 0.0601. The van der Waals surface area contributed by atoms with Crippen LogP contribution >= 0.6 is 0 Å². The number of aromatic nitrogens is 2.